The van der Waals surface area contributed by atoms with Crippen LogP contribution in [0.15, 0.2) is 35.0 Å². The Kier molecular flexibility index (Phi) is 8.46. The highest BCUT2D eigenvalue weighted by molar-refractivity contribution is 6.37. The summed E-state index contributed by atoms with van der Waals surface area (Å²) in [4.78, 5) is 12.9. The molecule has 1 aliphatic carbocycles. The van der Waals surface area contributed by atoms with Gasteiger partial charge in [0.1, 0.15) is 0 Å². The summed E-state index contributed by atoms with van der Waals surface area (Å²) in [5.74, 6) is 0.235. The number of nitrogens with zero attached hydrogens (tertiary/aromatic N) is 2. The quantitative estimate of drug-likeness (QED) is 0.290. The molecule has 0 atom stereocenters. The van der Waals surface area contributed by atoms with E-state index in [1.54, 1.807) is 12.1 Å². The summed E-state index contributed by atoms with van der Waals surface area (Å²) in [5, 5.41) is 11.3. The fraction of sp³-hybridized carbons (Fsp3) is 0.423. The summed E-state index contributed by atoms with van der Waals surface area (Å²) in [6.07, 6.45) is 10.2. The third-order valence-electron chi connectivity index (χ3n) is 6.10. The largest absolute Gasteiger partial charge is 0.490 e. The number of fused-ring (bicyclic) bond motifs is 1. The van der Waals surface area contributed by atoms with E-state index in [0.29, 0.717) is 33.7 Å². The topological polar surface area (TPSA) is 77.2 Å². The van der Waals surface area contributed by atoms with Crippen LogP contribution in [0, 0.1) is 0 Å². The van der Waals surface area contributed by atoms with E-state index in [9.17, 15) is 4.79 Å². The second kappa shape index (κ2) is 11.7. The van der Waals surface area contributed by atoms with Gasteiger partial charge in [0, 0.05) is 11.1 Å². The molecule has 1 aromatic heterocycles. The van der Waals surface area contributed by atoms with Crippen LogP contribution in [0.2, 0.25) is 10.0 Å². The Hall–Kier alpha value is -2.57. The lowest BCUT2D eigenvalue weighted by atomic mass is 9.90. The zero-order valence-corrected chi connectivity index (χ0v) is 20.8. The van der Waals surface area contributed by atoms with E-state index in [4.69, 9.17) is 32.6 Å². The Labute approximate surface area is 209 Å². The Morgan fingerprint density at radius 2 is 1.74 bits per heavy atom. The van der Waals surface area contributed by atoms with Crippen LogP contribution in [-0.2, 0) is 12.8 Å². The van der Waals surface area contributed by atoms with Gasteiger partial charge in [0.2, 0.25) is 5.82 Å². The van der Waals surface area contributed by atoms with Crippen molar-refractivity contribution in [3.05, 3.63) is 57.1 Å². The van der Waals surface area contributed by atoms with E-state index in [1.807, 2.05) is 6.07 Å². The Balaban J connectivity index is 1.43. The summed E-state index contributed by atoms with van der Waals surface area (Å²) in [6.45, 7) is 2.71. The van der Waals surface area contributed by atoms with Crippen molar-refractivity contribution >= 4 is 34.9 Å². The normalized spacial score (nSPS) is 12.9. The van der Waals surface area contributed by atoms with Crippen LogP contribution >= 0.6 is 23.2 Å². The molecule has 1 aliphatic rings. The van der Waals surface area contributed by atoms with E-state index in [0.717, 1.165) is 31.2 Å². The Morgan fingerprint density at radius 1 is 1.00 bits per heavy atom. The molecule has 1 heterocycles. The molecule has 0 unspecified atom stereocenters. The number of carbonyl (C=O) groups is 1. The number of hydrogen-bond donors (Lipinski definition) is 1. The number of aryl methyl sites for hydroxylation is 2. The molecular weight excluding hydrogens is 473 g/mol. The van der Waals surface area contributed by atoms with Crippen molar-refractivity contribution in [3.63, 3.8) is 0 Å². The molecule has 4 rings (SSSR count). The first-order chi connectivity index (χ1) is 16.6. The number of halogens is 2. The number of nitrogens with one attached hydrogen (secondary N) is 1. The van der Waals surface area contributed by atoms with Crippen LogP contribution in [0.5, 0.6) is 5.75 Å². The number of aromatic nitrogens is 2. The van der Waals surface area contributed by atoms with E-state index in [-0.39, 0.29) is 5.82 Å². The maximum atomic E-state index is 12.9. The van der Waals surface area contributed by atoms with Crippen LogP contribution in [0.25, 0.3) is 11.3 Å². The van der Waals surface area contributed by atoms with Crippen molar-refractivity contribution in [1.29, 1.82) is 0 Å². The predicted octanol–water partition coefficient (Wildman–Crippen LogP) is 7.52. The summed E-state index contributed by atoms with van der Waals surface area (Å²) < 4.78 is 10.7. The van der Waals surface area contributed by atoms with Crippen molar-refractivity contribution in [2.45, 2.75) is 64.7 Å². The van der Waals surface area contributed by atoms with Crippen molar-refractivity contribution in [2.24, 2.45) is 0 Å². The van der Waals surface area contributed by atoms with Crippen LogP contribution in [0.4, 0.5) is 5.82 Å². The van der Waals surface area contributed by atoms with Gasteiger partial charge in [-0.3, -0.25) is 4.79 Å². The summed E-state index contributed by atoms with van der Waals surface area (Å²) >= 11 is 12.8. The SMILES string of the molecule is CCCCCCCOc1c(Cl)cc(C(=O)Nc2nonc2-c2ccc3c(c2)CCCC3)cc1Cl. The molecule has 8 heteroatoms. The first-order valence-electron chi connectivity index (χ1n) is 11.9. The zero-order valence-electron chi connectivity index (χ0n) is 19.3. The van der Waals surface area contributed by atoms with Gasteiger partial charge in [0.15, 0.2) is 11.4 Å². The number of unbranched alkanes of at least 4 members (excludes halogenated alkanes) is 4. The molecule has 0 fully saturated rings. The van der Waals surface area contributed by atoms with Crippen molar-refractivity contribution < 1.29 is 14.2 Å². The number of hydrogen-bond acceptors (Lipinski definition) is 5. The smallest absolute Gasteiger partial charge is 0.257 e. The lowest BCUT2D eigenvalue weighted by Gasteiger charge is -2.16. The van der Waals surface area contributed by atoms with Crippen LogP contribution in [0.1, 0.15) is 73.4 Å². The van der Waals surface area contributed by atoms with E-state index in [2.05, 4.69) is 34.7 Å². The number of carbonyl (C=O) groups excluding carboxylic acids is 1. The predicted molar refractivity (Wildman–Crippen MR) is 135 cm³/mol. The minimum absolute atomic E-state index is 0.250. The second-order valence-corrected chi connectivity index (χ2v) is 9.45. The lowest BCUT2D eigenvalue weighted by Crippen LogP contribution is -2.13. The highest BCUT2D eigenvalue weighted by atomic mass is 35.5. The molecule has 2 aromatic carbocycles. The van der Waals surface area contributed by atoms with Crippen LogP contribution in [0.3, 0.4) is 0 Å². The average molecular weight is 502 g/mol. The average Bonchev–Trinajstić information content (AvgIpc) is 3.30. The molecule has 34 heavy (non-hydrogen) atoms. The number of anilines is 1. The molecule has 0 spiro atoms. The summed E-state index contributed by atoms with van der Waals surface area (Å²) in [6, 6.07) is 9.29. The van der Waals surface area contributed by atoms with Crippen molar-refractivity contribution in [2.75, 3.05) is 11.9 Å². The number of benzene rings is 2. The molecular formula is C26H29Cl2N3O3. The molecule has 0 aliphatic heterocycles. The van der Waals surface area contributed by atoms with Crippen molar-refractivity contribution in [3.8, 4) is 17.0 Å². The molecule has 180 valence electrons. The summed E-state index contributed by atoms with van der Waals surface area (Å²) in [7, 11) is 0. The highest BCUT2D eigenvalue weighted by Gasteiger charge is 2.20. The van der Waals surface area contributed by atoms with Gasteiger partial charge in [-0.2, -0.15) is 0 Å². The molecule has 0 saturated carbocycles. The molecule has 6 nitrogen and oxygen atoms in total. The zero-order chi connectivity index (χ0) is 23.9. The van der Waals surface area contributed by atoms with Gasteiger partial charge >= 0.3 is 0 Å². The monoisotopic (exact) mass is 501 g/mol. The lowest BCUT2D eigenvalue weighted by molar-refractivity contribution is 0.102. The third kappa shape index (κ3) is 5.91. The molecule has 0 bridgehead atoms. The van der Waals surface area contributed by atoms with Gasteiger partial charge in [-0.1, -0.05) is 67.9 Å². The minimum Gasteiger partial charge on any atom is -0.490 e. The molecule has 1 amide bonds. The van der Waals surface area contributed by atoms with Gasteiger partial charge in [0.05, 0.1) is 16.7 Å². The second-order valence-electron chi connectivity index (χ2n) is 8.64. The van der Waals surface area contributed by atoms with Gasteiger partial charge in [0.25, 0.3) is 5.91 Å². The molecule has 0 saturated heterocycles. The first-order valence-corrected chi connectivity index (χ1v) is 12.7. The molecule has 0 radical (unpaired) electrons. The Morgan fingerprint density at radius 3 is 2.50 bits per heavy atom. The van der Waals surface area contributed by atoms with E-state index in [1.165, 1.54) is 43.2 Å². The number of rotatable bonds is 10. The molecule has 3 aromatic rings. The van der Waals surface area contributed by atoms with Gasteiger partial charge in [-0.15, -0.1) is 0 Å². The number of amides is 1. The van der Waals surface area contributed by atoms with Crippen LogP contribution in [-0.4, -0.2) is 22.8 Å². The van der Waals surface area contributed by atoms with E-state index >= 15 is 0 Å². The van der Waals surface area contributed by atoms with Gasteiger partial charge in [-0.25, -0.2) is 4.63 Å². The van der Waals surface area contributed by atoms with Gasteiger partial charge in [-0.05, 0) is 71.7 Å². The minimum atomic E-state index is -0.412. The maximum absolute atomic E-state index is 12.9. The maximum Gasteiger partial charge on any atom is 0.257 e. The van der Waals surface area contributed by atoms with Crippen LogP contribution < -0.4 is 10.1 Å². The van der Waals surface area contributed by atoms with Gasteiger partial charge < -0.3 is 10.1 Å². The molecule has 1 N–H and O–H groups in total. The Bertz CT molecular complexity index is 1120. The van der Waals surface area contributed by atoms with E-state index < -0.39 is 5.91 Å². The van der Waals surface area contributed by atoms with Crippen molar-refractivity contribution in [1.82, 2.24) is 10.3 Å². The standard InChI is InChI=1S/C26H29Cl2N3O3/c1-2-3-4-5-8-13-33-24-21(27)15-20(16-22(24)28)26(32)29-25-23(30-34-31-25)19-12-11-17-9-6-7-10-18(17)14-19/h11-12,14-16H,2-10,13H2,1H3,(H,29,31,32). The number of ether oxygens (including phenoxy) is 1. The summed E-state index contributed by atoms with van der Waals surface area (Å²) in [5.41, 5.74) is 4.32. The fourth-order valence-electron chi connectivity index (χ4n) is 4.23. The fourth-order valence-corrected chi connectivity index (χ4v) is 4.83. The third-order valence-corrected chi connectivity index (χ3v) is 6.66. The highest BCUT2D eigenvalue weighted by Crippen LogP contribution is 2.35. The first kappa shape index (κ1) is 24.6.